The molecule has 2 aromatic rings. The van der Waals surface area contributed by atoms with Crippen LogP contribution in [0.4, 0.5) is 5.69 Å². The molecule has 0 amide bonds. The highest BCUT2D eigenvalue weighted by atomic mass is 16.6. The van der Waals surface area contributed by atoms with Crippen LogP contribution >= 0.6 is 0 Å². The van der Waals surface area contributed by atoms with Gasteiger partial charge in [0.1, 0.15) is 0 Å². The SMILES string of the molecule is C=CC(=C\C=C/C)/C(CC)=N/N(Cc1ccccc1)C(C)c1ccc([N+](=O)[O-])cc1. The van der Waals surface area contributed by atoms with Crippen molar-refractivity contribution >= 4 is 11.4 Å². The van der Waals surface area contributed by atoms with E-state index in [1.807, 2.05) is 54.4 Å². The van der Waals surface area contributed by atoms with Crippen LogP contribution in [0.2, 0.25) is 0 Å². The zero-order chi connectivity index (χ0) is 21.9. The summed E-state index contributed by atoms with van der Waals surface area (Å²) in [5.74, 6) is 0. The average molecular weight is 404 g/mol. The molecule has 5 heteroatoms. The van der Waals surface area contributed by atoms with E-state index in [1.165, 1.54) is 12.1 Å². The minimum Gasteiger partial charge on any atom is -0.285 e. The van der Waals surface area contributed by atoms with E-state index in [-0.39, 0.29) is 16.7 Å². The van der Waals surface area contributed by atoms with Gasteiger partial charge in [0.05, 0.1) is 23.2 Å². The van der Waals surface area contributed by atoms with Gasteiger partial charge >= 0.3 is 0 Å². The summed E-state index contributed by atoms with van der Waals surface area (Å²) in [5.41, 5.74) is 4.11. The lowest BCUT2D eigenvalue weighted by Crippen LogP contribution is -2.23. The molecule has 1 atom stereocenters. The van der Waals surface area contributed by atoms with E-state index >= 15 is 0 Å². The molecule has 5 nitrogen and oxygen atoms in total. The van der Waals surface area contributed by atoms with Gasteiger partial charge in [-0.25, -0.2) is 0 Å². The van der Waals surface area contributed by atoms with Crippen LogP contribution in [0.1, 0.15) is 44.4 Å². The standard InChI is InChI=1S/C25H29N3O2/c1-5-8-14-22(6-2)25(7-3)26-27(19-21-12-10-9-11-13-21)20(4)23-15-17-24(18-16-23)28(29)30/h5-6,8-18,20H,2,7,19H2,1,3-4H3/b8-5-,22-14+,26-25+. The van der Waals surface area contributed by atoms with E-state index in [4.69, 9.17) is 5.10 Å². The Morgan fingerprint density at radius 2 is 1.87 bits per heavy atom. The second-order valence-corrected chi connectivity index (χ2v) is 6.86. The molecular formula is C25H29N3O2. The minimum atomic E-state index is -0.383. The molecule has 156 valence electrons. The number of nitrogens with zero attached hydrogens (tertiary/aromatic N) is 3. The molecule has 0 radical (unpaired) electrons. The third-order valence-electron chi connectivity index (χ3n) is 4.83. The molecule has 2 aromatic carbocycles. The zero-order valence-electron chi connectivity index (χ0n) is 17.9. The lowest BCUT2D eigenvalue weighted by atomic mass is 10.1. The molecule has 1 unspecified atom stereocenters. The van der Waals surface area contributed by atoms with Crippen LogP contribution in [0.5, 0.6) is 0 Å². The molecule has 0 aliphatic heterocycles. The zero-order valence-corrected chi connectivity index (χ0v) is 17.9. The maximum absolute atomic E-state index is 11.0. The lowest BCUT2D eigenvalue weighted by molar-refractivity contribution is -0.384. The summed E-state index contributed by atoms with van der Waals surface area (Å²) < 4.78 is 0. The van der Waals surface area contributed by atoms with Crippen molar-refractivity contribution in [1.82, 2.24) is 5.01 Å². The molecule has 0 aromatic heterocycles. The van der Waals surface area contributed by atoms with Crippen LogP contribution in [-0.2, 0) is 6.54 Å². The fourth-order valence-corrected chi connectivity index (χ4v) is 3.05. The van der Waals surface area contributed by atoms with Crippen molar-refractivity contribution in [1.29, 1.82) is 0 Å². The van der Waals surface area contributed by atoms with Crippen molar-refractivity contribution in [2.45, 2.75) is 39.8 Å². The van der Waals surface area contributed by atoms with E-state index in [2.05, 4.69) is 32.6 Å². The van der Waals surface area contributed by atoms with Gasteiger partial charge < -0.3 is 0 Å². The topological polar surface area (TPSA) is 58.7 Å². The van der Waals surface area contributed by atoms with E-state index in [0.29, 0.717) is 6.54 Å². The van der Waals surface area contributed by atoms with Gasteiger partial charge in [-0.1, -0.05) is 80.3 Å². The van der Waals surface area contributed by atoms with E-state index < -0.39 is 0 Å². The third kappa shape index (κ3) is 6.27. The van der Waals surface area contributed by atoms with Crippen molar-refractivity contribution in [3.8, 4) is 0 Å². The van der Waals surface area contributed by atoms with Gasteiger partial charge in [0.25, 0.3) is 5.69 Å². The van der Waals surface area contributed by atoms with E-state index in [9.17, 15) is 10.1 Å². The second kappa shape index (κ2) is 11.5. The maximum atomic E-state index is 11.0. The quantitative estimate of drug-likeness (QED) is 0.194. The van der Waals surface area contributed by atoms with Crippen LogP contribution in [-0.4, -0.2) is 15.6 Å². The number of rotatable bonds is 10. The highest BCUT2D eigenvalue weighted by Gasteiger charge is 2.17. The molecule has 0 saturated carbocycles. The van der Waals surface area contributed by atoms with Gasteiger partial charge in [-0.2, -0.15) is 5.10 Å². The van der Waals surface area contributed by atoms with Gasteiger partial charge in [0, 0.05) is 12.1 Å². The molecule has 0 aliphatic carbocycles. The van der Waals surface area contributed by atoms with Crippen molar-refractivity contribution in [3.63, 3.8) is 0 Å². The molecule has 2 rings (SSSR count). The number of allylic oxidation sites excluding steroid dienone is 5. The largest absolute Gasteiger partial charge is 0.285 e. The first-order chi connectivity index (χ1) is 14.5. The number of benzene rings is 2. The molecule has 0 heterocycles. The number of hydrogen-bond acceptors (Lipinski definition) is 4. The molecule has 0 spiro atoms. The van der Waals surface area contributed by atoms with E-state index in [1.54, 1.807) is 12.1 Å². The van der Waals surface area contributed by atoms with Gasteiger partial charge in [0.2, 0.25) is 0 Å². The second-order valence-electron chi connectivity index (χ2n) is 6.86. The fourth-order valence-electron chi connectivity index (χ4n) is 3.05. The first-order valence-corrected chi connectivity index (χ1v) is 10.1. The Hall–Kier alpha value is -3.47. The Morgan fingerprint density at radius 3 is 2.40 bits per heavy atom. The van der Waals surface area contributed by atoms with Crippen molar-refractivity contribution in [2.24, 2.45) is 5.10 Å². The Balaban J connectivity index is 2.44. The summed E-state index contributed by atoms with van der Waals surface area (Å²) in [6.07, 6.45) is 8.53. The number of non-ortho nitro benzene ring substituents is 1. The molecule has 0 fully saturated rings. The van der Waals surface area contributed by atoms with Crippen molar-refractivity contribution in [2.75, 3.05) is 0 Å². The van der Waals surface area contributed by atoms with Gasteiger partial charge in [0.15, 0.2) is 0 Å². The molecule has 30 heavy (non-hydrogen) atoms. The number of hydrazone groups is 1. The average Bonchev–Trinajstić information content (AvgIpc) is 2.78. The van der Waals surface area contributed by atoms with Crippen molar-refractivity contribution in [3.05, 3.63) is 112 Å². The van der Waals surface area contributed by atoms with Crippen molar-refractivity contribution < 1.29 is 4.92 Å². The van der Waals surface area contributed by atoms with E-state index in [0.717, 1.165) is 28.8 Å². The molecule has 0 bridgehead atoms. The normalized spacial score (nSPS) is 13.3. The number of nitro benzene ring substituents is 1. The van der Waals surface area contributed by atoms with Crippen LogP contribution in [0, 0.1) is 10.1 Å². The molecule has 0 aliphatic rings. The predicted molar refractivity (Wildman–Crippen MR) is 124 cm³/mol. The molecular weight excluding hydrogens is 374 g/mol. The summed E-state index contributed by atoms with van der Waals surface area (Å²) >= 11 is 0. The van der Waals surface area contributed by atoms with Gasteiger partial charge in [-0.15, -0.1) is 0 Å². The van der Waals surface area contributed by atoms with Gasteiger partial charge in [-0.05, 0) is 37.0 Å². The first kappa shape index (κ1) is 22.8. The minimum absolute atomic E-state index is 0.0691. The highest BCUT2D eigenvalue weighted by molar-refractivity contribution is 6.02. The summed E-state index contributed by atoms with van der Waals surface area (Å²) in [6.45, 7) is 10.7. The summed E-state index contributed by atoms with van der Waals surface area (Å²) in [7, 11) is 0. The number of nitro groups is 1. The Kier molecular flexibility index (Phi) is 8.75. The summed E-state index contributed by atoms with van der Waals surface area (Å²) in [5, 5.41) is 18.0. The first-order valence-electron chi connectivity index (χ1n) is 10.1. The maximum Gasteiger partial charge on any atom is 0.269 e. The van der Waals surface area contributed by atoms with Crippen LogP contribution in [0.15, 0.2) is 96.2 Å². The van der Waals surface area contributed by atoms with Crippen LogP contribution in [0.3, 0.4) is 0 Å². The predicted octanol–water partition coefficient (Wildman–Crippen LogP) is 6.61. The summed E-state index contributed by atoms with van der Waals surface area (Å²) in [4.78, 5) is 10.6. The lowest BCUT2D eigenvalue weighted by Gasteiger charge is -2.28. The van der Waals surface area contributed by atoms with Gasteiger partial charge in [-0.3, -0.25) is 15.1 Å². The smallest absolute Gasteiger partial charge is 0.269 e. The Labute approximate surface area is 178 Å². The van der Waals surface area contributed by atoms with Crippen LogP contribution < -0.4 is 0 Å². The Bertz CT molecular complexity index is 929. The Morgan fingerprint density at radius 1 is 1.20 bits per heavy atom. The highest BCUT2D eigenvalue weighted by Crippen LogP contribution is 2.26. The molecule has 0 saturated heterocycles. The monoisotopic (exact) mass is 403 g/mol. The molecule has 0 N–H and O–H groups in total. The number of hydrogen-bond donors (Lipinski definition) is 0. The fraction of sp³-hybridized carbons (Fsp3) is 0.240. The summed E-state index contributed by atoms with van der Waals surface area (Å²) in [6, 6.07) is 16.8. The van der Waals surface area contributed by atoms with Crippen LogP contribution in [0.25, 0.3) is 0 Å². The third-order valence-corrected chi connectivity index (χ3v) is 4.83.